The summed E-state index contributed by atoms with van der Waals surface area (Å²) >= 11 is 1.48. The molecular weight excluding hydrogens is 420 g/mol. The van der Waals surface area contributed by atoms with Gasteiger partial charge in [-0.15, -0.1) is 11.3 Å². The molecule has 1 amide bonds. The summed E-state index contributed by atoms with van der Waals surface area (Å²) in [5.74, 6) is 0.509. The zero-order valence-electron chi connectivity index (χ0n) is 17.0. The number of hydrogen-bond donors (Lipinski definition) is 0. The van der Waals surface area contributed by atoms with Gasteiger partial charge in [-0.05, 0) is 42.8 Å². The Morgan fingerprint density at radius 2 is 1.70 bits per heavy atom. The van der Waals surface area contributed by atoms with Crippen LogP contribution >= 0.6 is 11.3 Å². The van der Waals surface area contributed by atoms with Crippen molar-refractivity contribution in [3.05, 3.63) is 58.3 Å². The number of amides is 1. The smallest absolute Gasteiger partial charge is 0.260 e. The van der Waals surface area contributed by atoms with Crippen LogP contribution in [0, 0.1) is 13.8 Å². The minimum Gasteiger partial charge on any atom is -0.484 e. The maximum Gasteiger partial charge on any atom is 0.260 e. The monoisotopic (exact) mass is 444 g/mol. The lowest BCUT2D eigenvalue weighted by molar-refractivity contribution is -0.134. The van der Waals surface area contributed by atoms with E-state index in [1.165, 1.54) is 15.6 Å². The highest BCUT2D eigenvalue weighted by Gasteiger charge is 2.31. The maximum atomic E-state index is 12.9. The van der Waals surface area contributed by atoms with Crippen molar-refractivity contribution in [1.82, 2.24) is 9.21 Å². The third kappa shape index (κ3) is 4.21. The van der Waals surface area contributed by atoms with E-state index in [9.17, 15) is 13.2 Å². The summed E-state index contributed by atoms with van der Waals surface area (Å²) in [6, 6.07) is 15.4. The molecule has 0 aliphatic carbocycles. The van der Waals surface area contributed by atoms with Crippen molar-refractivity contribution in [3.8, 4) is 5.75 Å². The van der Waals surface area contributed by atoms with E-state index in [0.717, 1.165) is 20.5 Å². The van der Waals surface area contributed by atoms with Gasteiger partial charge in [-0.2, -0.15) is 4.31 Å². The number of carbonyl (C=O) groups excluding carboxylic acids is 1. The first-order valence-corrected chi connectivity index (χ1v) is 12.1. The van der Waals surface area contributed by atoms with Crippen LogP contribution in [0.15, 0.2) is 53.4 Å². The molecule has 1 fully saturated rings. The molecule has 0 bridgehead atoms. The van der Waals surface area contributed by atoms with E-state index in [-0.39, 0.29) is 12.5 Å². The summed E-state index contributed by atoms with van der Waals surface area (Å²) in [4.78, 5) is 16.4. The minimum atomic E-state index is -3.52. The molecule has 1 aromatic heterocycles. The Balaban J connectivity index is 1.34. The number of hydrogen-bond acceptors (Lipinski definition) is 5. The number of rotatable bonds is 5. The van der Waals surface area contributed by atoms with E-state index in [1.807, 2.05) is 56.3 Å². The van der Waals surface area contributed by atoms with Crippen molar-refractivity contribution < 1.29 is 17.9 Å². The van der Waals surface area contributed by atoms with Crippen molar-refractivity contribution in [1.29, 1.82) is 0 Å². The molecule has 4 rings (SSSR count). The Labute approximate surface area is 180 Å². The molecule has 6 nitrogen and oxygen atoms in total. The van der Waals surface area contributed by atoms with Crippen molar-refractivity contribution >= 4 is 38.0 Å². The second-order valence-corrected chi connectivity index (χ2v) is 10.7. The molecule has 1 saturated heterocycles. The summed E-state index contributed by atoms with van der Waals surface area (Å²) in [5, 5.41) is 2.17. The fourth-order valence-electron chi connectivity index (χ4n) is 3.67. The lowest BCUT2D eigenvalue weighted by atomic mass is 10.1. The molecule has 0 radical (unpaired) electrons. The van der Waals surface area contributed by atoms with E-state index in [2.05, 4.69) is 0 Å². The molecule has 0 atom stereocenters. The predicted octanol–water partition coefficient (Wildman–Crippen LogP) is 3.43. The van der Waals surface area contributed by atoms with Crippen LogP contribution in [0.4, 0.5) is 0 Å². The van der Waals surface area contributed by atoms with E-state index in [1.54, 1.807) is 11.0 Å². The van der Waals surface area contributed by atoms with Gasteiger partial charge in [0.05, 0.1) is 4.90 Å². The molecule has 1 aliphatic rings. The molecule has 2 aromatic carbocycles. The third-order valence-corrected chi connectivity index (χ3v) is 8.41. The summed E-state index contributed by atoms with van der Waals surface area (Å²) in [5.41, 5.74) is 0. The minimum absolute atomic E-state index is 0.0616. The molecule has 8 heteroatoms. The van der Waals surface area contributed by atoms with Gasteiger partial charge in [-0.25, -0.2) is 8.42 Å². The topological polar surface area (TPSA) is 66.9 Å². The van der Waals surface area contributed by atoms with Crippen LogP contribution in [-0.2, 0) is 14.8 Å². The fourth-order valence-corrected chi connectivity index (χ4v) is 6.62. The molecule has 1 aliphatic heterocycles. The first-order valence-electron chi connectivity index (χ1n) is 9.81. The number of carbonyl (C=O) groups is 1. The van der Waals surface area contributed by atoms with Crippen LogP contribution in [0.25, 0.3) is 10.8 Å². The zero-order chi connectivity index (χ0) is 21.3. The second-order valence-electron chi connectivity index (χ2n) is 7.36. The molecule has 3 aromatic rings. The second kappa shape index (κ2) is 8.37. The van der Waals surface area contributed by atoms with Gasteiger partial charge in [0, 0.05) is 35.9 Å². The highest BCUT2D eigenvalue weighted by Crippen LogP contribution is 2.28. The van der Waals surface area contributed by atoms with Crippen LogP contribution in [0.1, 0.15) is 9.75 Å². The Morgan fingerprint density at radius 3 is 2.37 bits per heavy atom. The maximum absolute atomic E-state index is 12.9. The quantitative estimate of drug-likeness (QED) is 0.605. The highest BCUT2D eigenvalue weighted by molar-refractivity contribution is 7.89. The summed E-state index contributed by atoms with van der Waals surface area (Å²) in [6.07, 6.45) is 0. The Hall–Kier alpha value is -2.42. The van der Waals surface area contributed by atoms with Crippen LogP contribution in [0.2, 0.25) is 0 Å². The number of piperazine rings is 1. The van der Waals surface area contributed by atoms with Crippen molar-refractivity contribution in [2.45, 2.75) is 18.7 Å². The SMILES string of the molecule is Cc1cc(S(=O)(=O)N2CCN(C(=O)COc3ccc4ccccc4c3)CC2)c(C)s1. The largest absolute Gasteiger partial charge is 0.484 e. The van der Waals surface area contributed by atoms with Crippen LogP contribution in [0.3, 0.4) is 0 Å². The first kappa shape index (κ1) is 20.8. The molecular formula is C22H24N2O4S2. The number of nitrogens with zero attached hydrogens (tertiary/aromatic N) is 2. The normalized spacial score (nSPS) is 15.5. The summed E-state index contributed by atoms with van der Waals surface area (Å²) in [7, 11) is -3.52. The Bertz CT molecular complexity index is 1180. The van der Waals surface area contributed by atoms with Gasteiger partial charge < -0.3 is 9.64 Å². The van der Waals surface area contributed by atoms with E-state index in [4.69, 9.17) is 4.74 Å². The standard InChI is InChI=1S/C22H24N2O4S2/c1-16-13-21(17(2)29-16)30(26,27)24-11-9-23(10-12-24)22(25)15-28-20-8-7-18-5-3-4-6-19(18)14-20/h3-8,13-14H,9-12,15H2,1-2H3. The molecule has 0 saturated carbocycles. The Kier molecular flexibility index (Phi) is 5.81. The van der Waals surface area contributed by atoms with Crippen LogP contribution in [-0.4, -0.2) is 56.3 Å². The van der Waals surface area contributed by atoms with Crippen LogP contribution < -0.4 is 4.74 Å². The van der Waals surface area contributed by atoms with E-state index >= 15 is 0 Å². The number of ether oxygens (including phenoxy) is 1. The number of aryl methyl sites for hydroxylation is 2. The summed E-state index contributed by atoms with van der Waals surface area (Å²) in [6.45, 7) is 4.98. The highest BCUT2D eigenvalue weighted by atomic mass is 32.2. The fraction of sp³-hybridized carbons (Fsp3) is 0.318. The number of benzene rings is 2. The van der Waals surface area contributed by atoms with E-state index < -0.39 is 10.0 Å². The van der Waals surface area contributed by atoms with E-state index in [0.29, 0.717) is 36.8 Å². The lowest BCUT2D eigenvalue weighted by Gasteiger charge is -2.33. The van der Waals surface area contributed by atoms with Gasteiger partial charge in [0.2, 0.25) is 10.0 Å². The van der Waals surface area contributed by atoms with Gasteiger partial charge in [-0.3, -0.25) is 4.79 Å². The number of thiophene rings is 1. The number of fused-ring (bicyclic) bond motifs is 1. The number of sulfonamides is 1. The first-order chi connectivity index (χ1) is 14.3. The van der Waals surface area contributed by atoms with Gasteiger partial charge in [-0.1, -0.05) is 30.3 Å². The molecule has 30 heavy (non-hydrogen) atoms. The van der Waals surface area contributed by atoms with Gasteiger partial charge in [0.1, 0.15) is 5.75 Å². The Morgan fingerprint density at radius 1 is 1.00 bits per heavy atom. The van der Waals surface area contributed by atoms with Crippen molar-refractivity contribution in [2.24, 2.45) is 0 Å². The molecule has 2 heterocycles. The lowest BCUT2D eigenvalue weighted by Crippen LogP contribution is -2.51. The van der Waals surface area contributed by atoms with Crippen LogP contribution in [0.5, 0.6) is 5.75 Å². The molecule has 0 N–H and O–H groups in total. The summed E-state index contributed by atoms with van der Waals surface area (Å²) < 4.78 is 33.0. The van der Waals surface area contributed by atoms with Gasteiger partial charge in [0.25, 0.3) is 5.91 Å². The average molecular weight is 445 g/mol. The van der Waals surface area contributed by atoms with Gasteiger partial charge in [0.15, 0.2) is 6.61 Å². The molecule has 0 spiro atoms. The van der Waals surface area contributed by atoms with Crippen molar-refractivity contribution in [3.63, 3.8) is 0 Å². The molecule has 0 unspecified atom stereocenters. The third-order valence-electron chi connectivity index (χ3n) is 5.29. The van der Waals surface area contributed by atoms with Crippen molar-refractivity contribution in [2.75, 3.05) is 32.8 Å². The predicted molar refractivity (Wildman–Crippen MR) is 119 cm³/mol. The average Bonchev–Trinajstić information content (AvgIpc) is 3.10. The zero-order valence-corrected chi connectivity index (χ0v) is 18.6. The molecule has 158 valence electrons. The van der Waals surface area contributed by atoms with Gasteiger partial charge >= 0.3 is 0 Å².